The molecule has 2 N–H and O–H groups in total. The first-order chi connectivity index (χ1) is 14.7. The normalized spacial score (nSPS) is 17.8. The Kier molecular flexibility index (Phi) is 7.00. The maximum absolute atomic E-state index is 12.8. The number of aliphatic hydroxyl groups is 1. The van der Waals surface area contributed by atoms with Crippen molar-refractivity contribution in [3.63, 3.8) is 0 Å². The average Bonchev–Trinajstić information content (AvgIpc) is 3.54. The van der Waals surface area contributed by atoms with Crippen molar-refractivity contribution in [1.82, 2.24) is 14.8 Å². The van der Waals surface area contributed by atoms with Gasteiger partial charge in [-0.2, -0.15) is 0 Å². The van der Waals surface area contributed by atoms with E-state index in [1.54, 1.807) is 11.3 Å². The van der Waals surface area contributed by atoms with E-state index in [4.69, 9.17) is 0 Å². The number of aliphatic hydroxyl groups excluding tert-OH is 1. The van der Waals surface area contributed by atoms with Gasteiger partial charge in [0.25, 0.3) is 0 Å². The van der Waals surface area contributed by atoms with Crippen LogP contribution in [0.1, 0.15) is 41.3 Å². The van der Waals surface area contributed by atoms with Crippen LogP contribution < -0.4 is 5.32 Å². The summed E-state index contributed by atoms with van der Waals surface area (Å²) in [5.41, 5.74) is 2.36. The lowest BCUT2D eigenvalue weighted by Crippen LogP contribution is -2.32. The van der Waals surface area contributed by atoms with Crippen LogP contribution in [0.2, 0.25) is 0 Å². The number of rotatable bonds is 9. The van der Waals surface area contributed by atoms with Crippen molar-refractivity contribution in [3.05, 3.63) is 82.3 Å². The third kappa shape index (κ3) is 5.01. The minimum Gasteiger partial charge on any atom is -0.395 e. The van der Waals surface area contributed by atoms with Crippen molar-refractivity contribution in [2.24, 2.45) is 0 Å². The highest BCUT2D eigenvalue weighted by Gasteiger charge is 2.24. The fourth-order valence-electron chi connectivity index (χ4n) is 4.24. The Morgan fingerprint density at radius 3 is 2.67 bits per heavy atom. The van der Waals surface area contributed by atoms with Gasteiger partial charge in [-0.15, -0.1) is 11.3 Å². The maximum Gasteiger partial charge on any atom is 0.222 e. The molecule has 1 aliphatic rings. The molecule has 1 amide bonds. The van der Waals surface area contributed by atoms with E-state index >= 15 is 0 Å². The molecule has 5 nitrogen and oxygen atoms in total. The molecule has 0 radical (unpaired) electrons. The van der Waals surface area contributed by atoms with E-state index in [1.807, 2.05) is 42.7 Å². The standard InChI is InChI=1S/C24H29N3O2S/c28-18-21-9-5-13-27(21)17-20-8-2-1-7-19(20)16-25-24(29)15-22(23-10-6-14-30-23)26-11-3-4-12-26/h1-4,6-8,10-12,14,21-22,28H,5,9,13,15-18H2,(H,25,29)/t21-,22+/m0/s1. The smallest absolute Gasteiger partial charge is 0.222 e. The van der Waals surface area contributed by atoms with Crippen molar-refractivity contribution in [2.75, 3.05) is 13.2 Å². The number of nitrogens with zero attached hydrogens (tertiary/aromatic N) is 2. The van der Waals surface area contributed by atoms with Crippen LogP contribution in [0.25, 0.3) is 0 Å². The molecule has 4 rings (SSSR count). The van der Waals surface area contributed by atoms with Crippen LogP contribution in [-0.4, -0.2) is 39.7 Å². The number of hydrogen-bond donors (Lipinski definition) is 2. The second-order valence-electron chi connectivity index (χ2n) is 7.86. The topological polar surface area (TPSA) is 57.5 Å². The summed E-state index contributed by atoms with van der Waals surface area (Å²) in [4.78, 5) is 16.3. The molecule has 30 heavy (non-hydrogen) atoms. The first-order valence-electron chi connectivity index (χ1n) is 10.6. The molecular formula is C24H29N3O2S. The monoisotopic (exact) mass is 423 g/mol. The van der Waals surface area contributed by atoms with Crippen molar-refractivity contribution >= 4 is 17.2 Å². The summed E-state index contributed by atoms with van der Waals surface area (Å²) in [6.45, 7) is 2.57. The number of thiophene rings is 1. The van der Waals surface area contributed by atoms with Gasteiger partial charge in [0.2, 0.25) is 5.91 Å². The third-order valence-corrected chi connectivity index (χ3v) is 6.89. The summed E-state index contributed by atoms with van der Waals surface area (Å²) in [5, 5.41) is 14.8. The molecule has 3 aromatic rings. The number of nitrogens with one attached hydrogen (secondary N) is 1. The number of aromatic nitrogens is 1. The van der Waals surface area contributed by atoms with E-state index < -0.39 is 0 Å². The van der Waals surface area contributed by atoms with Crippen molar-refractivity contribution < 1.29 is 9.90 Å². The van der Waals surface area contributed by atoms with E-state index in [0.717, 1.165) is 31.5 Å². The number of amides is 1. The van der Waals surface area contributed by atoms with Crippen LogP contribution >= 0.6 is 11.3 Å². The lowest BCUT2D eigenvalue weighted by molar-refractivity contribution is -0.121. The van der Waals surface area contributed by atoms with E-state index in [-0.39, 0.29) is 24.6 Å². The first-order valence-corrected chi connectivity index (χ1v) is 11.5. The van der Waals surface area contributed by atoms with Gasteiger partial charge in [0.05, 0.1) is 19.1 Å². The van der Waals surface area contributed by atoms with Crippen molar-refractivity contribution in [3.8, 4) is 0 Å². The predicted octanol–water partition coefficient (Wildman–Crippen LogP) is 3.80. The number of carbonyl (C=O) groups is 1. The molecule has 158 valence electrons. The van der Waals surface area contributed by atoms with Gasteiger partial charge in [-0.25, -0.2) is 0 Å². The molecule has 2 aromatic heterocycles. The Labute approximate surface area is 182 Å². The lowest BCUT2D eigenvalue weighted by Gasteiger charge is -2.24. The molecule has 2 atom stereocenters. The largest absolute Gasteiger partial charge is 0.395 e. The Balaban J connectivity index is 1.39. The number of carbonyl (C=O) groups excluding carboxylic acids is 1. The molecule has 1 fully saturated rings. The van der Waals surface area contributed by atoms with Gasteiger partial charge >= 0.3 is 0 Å². The van der Waals surface area contributed by atoms with Crippen LogP contribution in [0.15, 0.2) is 66.3 Å². The molecule has 0 aliphatic carbocycles. The zero-order valence-corrected chi connectivity index (χ0v) is 17.9. The van der Waals surface area contributed by atoms with Crippen molar-refractivity contribution in [1.29, 1.82) is 0 Å². The Hall–Kier alpha value is -2.41. The molecule has 0 bridgehead atoms. The highest BCUT2D eigenvalue weighted by molar-refractivity contribution is 7.10. The summed E-state index contributed by atoms with van der Waals surface area (Å²) in [6, 6.07) is 16.7. The van der Waals surface area contributed by atoms with Crippen molar-refractivity contribution in [2.45, 2.75) is 44.4 Å². The molecule has 3 heterocycles. The van der Waals surface area contributed by atoms with E-state index in [0.29, 0.717) is 13.0 Å². The summed E-state index contributed by atoms with van der Waals surface area (Å²) in [5.74, 6) is 0.0475. The van der Waals surface area contributed by atoms with Gasteiger partial charge in [0.15, 0.2) is 0 Å². The second kappa shape index (κ2) is 10.1. The predicted molar refractivity (Wildman–Crippen MR) is 120 cm³/mol. The number of likely N-dealkylation sites (tertiary alicyclic amines) is 1. The fourth-order valence-corrected chi connectivity index (χ4v) is 5.08. The summed E-state index contributed by atoms with van der Waals surface area (Å²) in [6.07, 6.45) is 6.63. The van der Waals surface area contributed by atoms with Crippen LogP contribution in [0.4, 0.5) is 0 Å². The van der Waals surface area contributed by atoms with Crippen LogP contribution in [-0.2, 0) is 17.9 Å². The van der Waals surface area contributed by atoms with E-state index in [2.05, 4.69) is 38.4 Å². The molecule has 1 saturated heterocycles. The molecule has 0 unspecified atom stereocenters. The van der Waals surface area contributed by atoms with Gasteiger partial charge in [-0.1, -0.05) is 30.3 Å². The van der Waals surface area contributed by atoms with E-state index in [1.165, 1.54) is 10.4 Å². The molecule has 1 aliphatic heterocycles. The Bertz CT molecular complexity index is 890. The highest BCUT2D eigenvalue weighted by Crippen LogP contribution is 2.26. The van der Waals surface area contributed by atoms with Gasteiger partial charge in [-0.3, -0.25) is 9.69 Å². The van der Waals surface area contributed by atoms with Gasteiger partial charge < -0.3 is 15.0 Å². The lowest BCUT2D eigenvalue weighted by atomic mass is 10.1. The Morgan fingerprint density at radius 1 is 1.13 bits per heavy atom. The van der Waals surface area contributed by atoms with Crippen LogP contribution in [0, 0.1) is 0 Å². The fraction of sp³-hybridized carbons (Fsp3) is 0.375. The molecule has 6 heteroatoms. The first kappa shape index (κ1) is 20.8. The quantitative estimate of drug-likeness (QED) is 0.550. The molecular weight excluding hydrogens is 394 g/mol. The van der Waals surface area contributed by atoms with Gasteiger partial charge in [-0.05, 0) is 54.1 Å². The highest BCUT2D eigenvalue weighted by atomic mass is 32.1. The zero-order chi connectivity index (χ0) is 20.8. The third-order valence-electron chi connectivity index (χ3n) is 5.92. The number of benzene rings is 1. The average molecular weight is 424 g/mol. The molecule has 1 aromatic carbocycles. The van der Waals surface area contributed by atoms with Crippen LogP contribution in [0.3, 0.4) is 0 Å². The van der Waals surface area contributed by atoms with Gasteiger partial charge in [0, 0.05) is 36.4 Å². The zero-order valence-electron chi connectivity index (χ0n) is 17.1. The minimum absolute atomic E-state index is 0.0187. The van der Waals surface area contributed by atoms with Crippen LogP contribution in [0.5, 0.6) is 0 Å². The van der Waals surface area contributed by atoms with E-state index in [9.17, 15) is 9.90 Å². The maximum atomic E-state index is 12.8. The summed E-state index contributed by atoms with van der Waals surface area (Å²) < 4.78 is 2.10. The molecule has 0 spiro atoms. The SMILES string of the molecule is O=C(C[C@H](c1cccs1)n1cccc1)NCc1ccccc1CN1CCC[C@H]1CO. The Morgan fingerprint density at radius 2 is 1.93 bits per heavy atom. The molecule has 0 saturated carbocycles. The van der Waals surface area contributed by atoms with Gasteiger partial charge in [0.1, 0.15) is 0 Å². The second-order valence-corrected chi connectivity index (χ2v) is 8.84. The summed E-state index contributed by atoms with van der Waals surface area (Å²) >= 11 is 1.68. The summed E-state index contributed by atoms with van der Waals surface area (Å²) in [7, 11) is 0. The minimum atomic E-state index is 0.0187. The number of hydrogen-bond acceptors (Lipinski definition) is 4.